The number of carbonyl (C=O) groups excluding carboxylic acids is 4. The van der Waals surface area contributed by atoms with Crippen LogP contribution in [-0.4, -0.2) is 57.7 Å². The lowest BCUT2D eigenvalue weighted by Gasteiger charge is -2.52. The third kappa shape index (κ3) is 8.47. The molecule has 4 rings (SSSR count). The number of rotatable bonds is 12. The fraction of sp³-hybridized carbons (Fsp3) is 0.371. The number of carbonyl (C=O) groups is 4. The SMILES string of the molecule is CC(OC(=O)NC(C)(O)P1(=O)CC(C(=O)OCc2ccccc2)N1C(=O)C(C)Cc1ccc(-c2ccccc2)cc1)OC(=O)C(C)C. The van der Waals surface area contributed by atoms with Gasteiger partial charge in [0.25, 0.3) is 0 Å². The zero-order chi connectivity index (χ0) is 34.4. The maximum absolute atomic E-state index is 14.4. The Morgan fingerprint density at radius 1 is 0.872 bits per heavy atom. The summed E-state index contributed by atoms with van der Waals surface area (Å²) in [4.78, 5) is 51.7. The lowest BCUT2D eigenvalue weighted by Crippen LogP contribution is -2.64. The van der Waals surface area contributed by atoms with Crippen LogP contribution >= 0.6 is 7.29 Å². The van der Waals surface area contributed by atoms with Gasteiger partial charge in [0.1, 0.15) is 12.6 Å². The van der Waals surface area contributed by atoms with Crippen LogP contribution in [0.4, 0.5) is 4.79 Å². The first-order valence-electron chi connectivity index (χ1n) is 15.4. The summed E-state index contributed by atoms with van der Waals surface area (Å²) < 4.78 is 30.8. The van der Waals surface area contributed by atoms with Crippen LogP contribution in [0, 0.1) is 11.8 Å². The molecule has 3 aromatic carbocycles. The van der Waals surface area contributed by atoms with E-state index in [-0.39, 0.29) is 13.0 Å². The summed E-state index contributed by atoms with van der Waals surface area (Å²) in [5.74, 6) is -3.28. The summed E-state index contributed by atoms with van der Waals surface area (Å²) in [6.07, 6.45) is -2.72. The van der Waals surface area contributed by atoms with Gasteiger partial charge in [-0.25, -0.2) is 9.59 Å². The number of nitrogens with one attached hydrogen (secondary N) is 1. The van der Waals surface area contributed by atoms with E-state index in [4.69, 9.17) is 14.2 Å². The first-order chi connectivity index (χ1) is 22.2. The van der Waals surface area contributed by atoms with E-state index in [1.54, 1.807) is 45.0 Å². The molecule has 0 aromatic heterocycles. The molecule has 1 heterocycles. The fourth-order valence-corrected chi connectivity index (χ4v) is 8.00. The Hall–Kier alpha value is -4.47. The minimum absolute atomic E-state index is 0.0697. The summed E-state index contributed by atoms with van der Waals surface area (Å²) in [5.41, 5.74) is 1.11. The maximum Gasteiger partial charge on any atom is 0.412 e. The van der Waals surface area contributed by atoms with Crippen LogP contribution in [0.1, 0.15) is 45.7 Å². The monoisotopic (exact) mass is 664 g/mol. The minimum Gasteiger partial charge on any atom is -0.459 e. The summed E-state index contributed by atoms with van der Waals surface area (Å²) >= 11 is 0. The van der Waals surface area contributed by atoms with Gasteiger partial charge in [0.15, 0.2) is 0 Å². The van der Waals surface area contributed by atoms with Crippen LogP contribution in [0.15, 0.2) is 84.9 Å². The normalized spacial score (nSPS) is 19.8. The van der Waals surface area contributed by atoms with E-state index in [2.05, 4.69) is 5.32 Å². The van der Waals surface area contributed by atoms with E-state index in [9.17, 15) is 28.8 Å². The second-order valence-corrected chi connectivity index (χ2v) is 15.1. The van der Waals surface area contributed by atoms with E-state index < -0.39 is 67.0 Å². The van der Waals surface area contributed by atoms with E-state index >= 15 is 0 Å². The van der Waals surface area contributed by atoms with Gasteiger partial charge in [0.05, 0.1) is 12.1 Å². The van der Waals surface area contributed by atoms with Crippen LogP contribution in [0.3, 0.4) is 0 Å². The van der Waals surface area contributed by atoms with Crippen LogP contribution in [0.2, 0.25) is 0 Å². The zero-order valence-corrected chi connectivity index (χ0v) is 28.0. The highest BCUT2D eigenvalue weighted by Crippen LogP contribution is 2.67. The number of esters is 2. The summed E-state index contributed by atoms with van der Waals surface area (Å²) in [7, 11) is -4.20. The first-order valence-corrected chi connectivity index (χ1v) is 17.3. The van der Waals surface area contributed by atoms with Crippen molar-refractivity contribution in [2.45, 2.75) is 65.4 Å². The predicted octanol–water partition coefficient (Wildman–Crippen LogP) is 5.70. The number of benzene rings is 3. The van der Waals surface area contributed by atoms with Gasteiger partial charge in [-0.3, -0.25) is 24.1 Å². The molecule has 0 spiro atoms. The van der Waals surface area contributed by atoms with Gasteiger partial charge in [0.2, 0.25) is 25.0 Å². The van der Waals surface area contributed by atoms with Crippen molar-refractivity contribution in [3.63, 3.8) is 0 Å². The summed E-state index contributed by atoms with van der Waals surface area (Å²) in [6, 6.07) is 25.2. The lowest BCUT2D eigenvalue weighted by atomic mass is 9.97. The molecule has 3 aromatic rings. The molecule has 0 aliphatic carbocycles. The minimum atomic E-state index is -4.20. The van der Waals surface area contributed by atoms with Crippen molar-refractivity contribution in [3.05, 3.63) is 96.1 Å². The standard InChI is InChI=1S/C35H41N2O9P/c1-23(2)32(39)45-25(4)46-34(41)36-35(5,42)47(43)22-30(33(40)44-21-27-12-8-6-9-13-27)37(47)31(38)24(3)20-26-16-18-29(19-17-26)28-14-10-7-11-15-28/h6-19,23-25,30,42H,20-22H2,1-5H3,(H,36,41). The molecule has 2 N–H and O–H groups in total. The maximum atomic E-state index is 14.4. The van der Waals surface area contributed by atoms with Crippen molar-refractivity contribution in [2.24, 2.45) is 11.8 Å². The number of aliphatic hydroxyl groups is 1. The van der Waals surface area contributed by atoms with Crippen LogP contribution in [0.25, 0.3) is 11.1 Å². The zero-order valence-electron chi connectivity index (χ0n) is 27.1. The third-order valence-corrected chi connectivity index (χ3v) is 11.3. The van der Waals surface area contributed by atoms with Gasteiger partial charge in [-0.1, -0.05) is 106 Å². The molecule has 47 heavy (non-hydrogen) atoms. The Morgan fingerprint density at radius 2 is 1.45 bits per heavy atom. The molecule has 1 aliphatic heterocycles. The largest absolute Gasteiger partial charge is 0.459 e. The molecule has 1 fully saturated rings. The quantitative estimate of drug-likeness (QED) is 0.141. The molecule has 0 bridgehead atoms. The first kappa shape index (κ1) is 35.4. The molecule has 2 amide bonds. The van der Waals surface area contributed by atoms with Crippen LogP contribution in [-0.2, 0) is 46.2 Å². The van der Waals surface area contributed by atoms with Crippen molar-refractivity contribution in [2.75, 3.05) is 6.16 Å². The van der Waals surface area contributed by atoms with E-state index in [0.717, 1.165) is 33.8 Å². The molecule has 11 nitrogen and oxygen atoms in total. The van der Waals surface area contributed by atoms with Gasteiger partial charge in [-0.2, -0.15) is 0 Å². The molecular weight excluding hydrogens is 623 g/mol. The Labute approximate surface area is 274 Å². The molecule has 250 valence electrons. The molecule has 0 radical (unpaired) electrons. The number of amides is 2. The fourth-order valence-electron chi connectivity index (χ4n) is 5.14. The number of hydrogen-bond acceptors (Lipinski definition) is 9. The Kier molecular flexibility index (Phi) is 11.3. The van der Waals surface area contributed by atoms with E-state index in [0.29, 0.717) is 0 Å². The molecule has 0 saturated carbocycles. The van der Waals surface area contributed by atoms with Crippen molar-refractivity contribution >= 4 is 31.2 Å². The van der Waals surface area contributed by atoms with E-state index in [1.165, 1.54) is 6.92 Å². The van der Waals surface area contributed by atoms with Crippen molar-refractivity contribution in [1.82, 2.24) is 9.99 Å². The average Bonchev–Trinajstić information content (AvgIpc) is 3.03. The summed E-state index contributed by atoms with van der Waals surface area (Å²) in [5, 5.41) is 13.5. The second-order valence-electron chi connectivity index (χ2n) is 12.1. The second kappa shape index (κ2) is 15.0. The number of hydrogen-bond donors (Lipinski definition) is 2. The summed E-state index contributed by atoms with van der Waals surface area (Å²) in [6.45, 7) is 7.16. The third-order valence-electron chi connectivity index (χ3n) is 7.86. The number of ether oxygens (including phenoxy) is 3. The number of alkyl carbamates (subject to hydrolysis) is 1. The molecule has 12 heteroatoms. The highest BCUT2D eigenvalue weighted by atomic mass is 31.2. The number of nitrogens with zero attached hydrogens (tertiary/aromatic N) is 1. The molecular formula is C35H41N2O9P. The lowest BCUT2D eigenvalue weighted by molar-refractivity contribution is -0.169. The van der Waals surface area contributed by atoms with Gasteiger partial charge in [-0.05, 0) is 35.6 Å². The smallest absolute Gasteiger partial charge is 0.412 e. The average molecular weight is 665 g/mol. The Bertz CT molecular complexity index is 1610. The Balaban J connectivity index is 1.51. The van der Waals surface area contributed by atoms with Gasteiger partial charge < -0.3 is 19.3 Å². The molecule has 5 atom stereocenters. The van der Waals surface area contributed by atoms with Crippen molar-refractivity contribution in [1.29, 1.82) is 0 Å². The molecule has 1 aliphatic rings. The van der Waals surface area contributed by atoms with Crippen LogP contribution < -0.4 is 5.32 Å². The predicted molar refractivity (Wildman–Crippen MR) is 175 cm³/mol. The molecule has 1 saturated heterocycles. The van der Waals surface area contributed by atoms with Gasteiger partial charge in [-0.15, -0.1) is 0 Å². The van der Waals surface area contributed by atoms with E-state index in [1.807, 2.05) is 60.7 Å². The van der Waals surface area contributed by atoms with Crippen molar-refractivity contribution < 1.29 is 43.1 Å². The molecule has 5 unspecified atom stereocenters. The van der Waals surface area contributed by atoms with Crippen LogP contribution in [0.5, 0.6) is 0 Å². The highest BCUT2D eigenvalue weighted by molar-refractivity contribution is 7.65. The van der Waals surface area contributed by atoms with Gasteiger partial charge in [0, 0.05) is 12.8 Å². The van der Waals surface area contributed by atoms with Gasteiger partial charge >= 0.3 is 18.0 Å². The van der Waals surface area contributed by atoms with Crippen molar-refractivity contribution in [3.8, 4) is 11.1 Å². The topological polar surface area (TPSA) is 149 Å². The highest BCUT2D eigenvalue weighted by Gasteiger charge is 2.64. The Morgan fingerprint density at radius 3 is 2.04 bits per heavy atom.